The highest BCUT2D eigenvalue weighted by molar-refractivity contribution is 6.46. The molecule has 1 saturated heterocycles. The Morgan fingerprint density at radius 1 is 1.03 bits per heavy atom. The van der Waals surface area contributed by atoms with Gasteiger partial charge in [0.1, 0.15) is 23.1 Å². The number of Topliss-reactive ketones (excluding diaryl/α,β-unsaturated/α-hetero) is 1. The third-order valence-corrected chi connectivity index (χ3v) is 5.36. The average Bonchev–Trinajstić information content (AvgIpc) is 3.05. The van der Waals surface area contributed by atoms with E-state index in [-0.39, 0.29) is 23.6 Å². The topological polar surface area (TPSA) is 87.1 Å². The van der Waals surface area contributed by atoms with Crippen molar-refractivity contribution in [1.29, 1.82) is 0 Å². The van der Waals surface area contributed by atoms with E-state index in [9.17, 15) is 24.2 Å². The van der Waals surface area contributed by atoms with Crippen LogP contribution in [-0.2, 0) is 16.1 Å². The van der Waals surface area contributed by atoms with Gasteiger partial charge in [-0.2, -0.15) is 0 Å². The van der Waals surface area contributed by atoms with Crippen LogP contribution in [0.2, 0.25) is 0 Å². The fourth-order valence-electron chi connectivity index (χ4n) is 3.76. The number of aromatic hydroxyl groups is 1. The molecular formula is C25H20FNO5. The first kappa shape index (κ1) is 21.1. The number of rotatable bonds is 5. The number of phenols is 1. The standard InChI is InChI=1S/C25H20FNO5/c1-32-20-4-2-3-17(13-20)23(29)21-22(16-7-11-19(28)12-8-16)27(25(31)24(21)30)14-15-5-9-18(26)10-6-15/h2-13,22,28-29H,14H2,1H3/b23-21-. The molecule has 32 heavy (non-hydrogen) atoms. The number of aliphatic hydroxyl groups is 1. The van der Waals surface area contributed by atoms with Crippen LogP contribution in [-0.4, -0.2) is 33.9 Å². The summed E-state index contributed by atoms with van der Waals surface area (Å²) in [7, 11) is 1.48. The van der Waals surface area contributed by atoms with Gasteiger partial charge in [-0.3, -0.25) is 9.59 Å². The number of methoxy groups -OCH3 is 1. The van der Waals surface area contributed by atoms with Gasteiger partial charge in [-0.05, 0) is 47.5 Å². The smallest absolute Gasteiger partial charge is 0.295 e. The Bertz CT molecular complexity index is 1200. The van der Waals surface area contributed by atoms with E-state index in [0.29, 0.717) is 22.4 Å². The second-order valence-corrected chi connectivity index (χ2v) is 7.38. The van der Waals surface area contributed by atoms with Crippen LogP contribution >= 0.6 is 0 Å². The lowest BCUT2D eigenvalue weighted by Crippen LogP contribution is -2.29. The molecule has 3 aromatic rings. The van der Waals surface area contributed by atoms with Crippen molar-refractivity contribution in [2.75, 3.05) is 7.11 Å². The summed E-state index contributed by atoms with van der Waals surface area (Å²) < 4.78 is 18.5. The maximum Gasteiger partial charge on any atom is 0.295 e. The molecule has 1 amide bonds. The molecule has 1 unspecified atom stereocenters. The van der Waals surface area contributed by atoms with Crippen LogP contribution in [0.1, 0.15) is 22.7 Å². The molecule has 6 nitrogen and oxygen atoms in total. The average molecular weight is 433 g/mol. The number of carbonyl (C=O) groups excluding carboxylic acids is 2. The molecule has 1 heterocycles. The molecule has 3 aromatic carbocycles. The second-order valence-electron chi connectivity index (χ2n) is 7.38. The number of nitrogens with zero attached hydrogens (tertiary/aromatic N) is 1. The Morgan fingerprint density at radius 2 is 1.72 bits per heavy atom. The number of phenolic OH excluding ortho intramolecular Hbond substituents is 1. The molecule has 1 aliphatic heterocycles. The normalized spacial score (nSPS) is 17.6. The molecule has 1 aliphatic rings. The van der Waals surface area contributed by atoms with E-state index in [2.05, 4.69) is 0 Å². The lowest BCUT2D eigenvalue weighted by Gasteiger charge is -2.25. The summed E-state index contributed by atoms with van der Waals surface area (Å²) >= 11 is 0. The van der Waals surface area contributed by atoms with Crippen molar-refractivity contribution in [3.8, 4) is 11.5 Å². The number of hydrogen-bond donors (Lipinski definition) is 2. The van der Waals surface area contributed by atoms with Gasteiger partial charge in [0.15, 0.2) is 0 Å². The van der Waals surface area contributed by atoms with Gasteiger partial charge in [-0.25, -0.2) is 4.39 Å². The number of halogens is 1. The summed E-state index contributed by atoms with van der Waals surface area (Å²) in [4.78, 5) is 27.3. The highest BCUT2D eigenvalue weighted by Gasteiger charge is 2.46. The van der Waals surface area contributed by atoms with Gasteiger partial charge in [0.05, 0.1) is 18.7 Å². The summed E-state index contributed by atoms with van der Waals surface area (Å²) in [5.41, 5.74) is 1.41. The number of ketones is 1. The fraction of sp³-hybridized carbons (Fsp3) is 0.120. The third kappa shape index (κ3) is 3.92. The highest BCUT2D eigenvalue weighted by Crippen LogP contribution is 2.40. The van der Waals surface area contributed by atoms with E-state index in [4.69, 9.17) is 4.74 Å². The number of hydrogen-bond acceptors (Lipinski definition) is 5. The molecule has 2 N–H and O–H groups in total. The van der Waals surface area contributed by atoms with E-state index in [0.717, 1.165) is 0 Å². The largest absolute Gasteiger partial charge is 0.508 e. The molecule has 1 atom stereocenters. The van der Waals surface area contributed by atoms with Crippen molar-refractivity contribution in [2.45, 2.75) is 12.6 Å². The fourth-order valence-corrected chi connectivity index (χ4v) is 3.76. The van der Waals surface area contributed by atoms with Crippen molar-refractivity contribution >= 4 is 17.4 Å². The predicted molar refractivity (Wildman–Crippen MR) is 115 cm³/mol. The van der Waals surface area contributed by atoms with E-state index < -0.39 is 23.5 Å². The number of benzene rings is 3. The third-order valence-electron chi connectivity index (χ3n) is 5.36. The number of aliphatic hydroxyl groups excluding tert-OH is 1. The maximum atomic E-state index is 13.3. The number of likely N-dealkylation sites (tertiary alicyclic amines) is 1. The minimum Gasteiger partial charge on any atom is -0.508 e. The lowest BCUT2D eigenvalue weighted by atomic mass is 9.95. The zero-order valence-electron chi connectivity index (χ0n) is 17.2. The first-order valence-corrected chi connectivity index (χ1v) is 9.85. The minimum absolute atomic E-state index is 0.0250. The Labute approximate surface area is 183 Å². The van der Waals surface area contributed by atoms with Crippen molar-refractivity contribution in [1.82, 2.24) is 4.90 Å². The summed E-state index contributed by atoms with van der Waals surface area (Å²) in [6, 6.07) is 17.3. The van der Waals surface area contributed by atoms with Gasteiger partial charge in [0, 0.05) is 12.1 Å². The Hall–Kier alpha value is -4.13. The zero-order chi connectivity index (χ0) is 22.8. The molecule has 0 aromatic heterocycles. The van der Waals surface area contributed by atoms with E-state index in [1.165, 1.54) is 48.4 Å². The molecule has 7 heteroatoms. The Kier molecular flexibility index (Phi) is 5.64. The van der Waals surface area contributed by atoms with Gasteiger partial charge in [-0.1, -0.05) is 36.4 Å². The van der Waals surface area contributed by atoms with Crippen molar-refractivity contribution < 1.29 is 28.9 Å². The van der Waals surface area contributed by atoms with Crippen LogP contribution in [0.4, 0.5) is 4.39 Å². The van der Waals surface area contributed by atoms with Gasteiger partial charge in [-0.15, -0.1) is 0 Å². The van der Waals surface area contributed by atoms with Crippen LogP contribution in [0.5, 0.6) is 11.5 Å². The monoisotopic (exact) mass is 433 g/mol. The van der Waals surface area contributed by atoms with Gasteiger partial charge in [0.25, 0.3) is 11.7 Å². The number of ether oxygens (including phenoxy) is 1. The van der Waals surface area contributed by atoms with Gasteiger partial charge < -0.3 is 19.8 Å². The molecule has 1 fully saturated rings. The number of amides is 1. The summed E-state index contributed by atoms with van der Waals surface area (Å²) in [6.45, 7) is 0.0330. The summed E-state index contributed by atoms with van der Waals surface area (Å²) in [5.74, 6) is -1.85. The van der Waals surface area contributed by atoms with Crippen molar-refractivity contribution in [3.05, 3.63) is 101 Å². The van der Waals surface area contributed by atoms with Crippen molar-refractivity contribution in [2.24, 2.45) is 0 Å². The molecular weight excluding hydrogens is 413 g/mol. The van der Waals surface area contributed by atoms with Crippen molar-refractivity contribution in [3.63, 3.8) is 0 Å². The maximum absolute atomic E-state index is 13.3. The molecule has 0 spiro atoms. The SMILES string of the molecule is COc1cccc(/C(O)=C2/C(=O)C(=O)N(Cc3ccc(F)cc3)C2c2ccc(O)cc2)c1. The number of carbonyl (C=O) groups is 2. The van der Waals surface area contributed by atoms with E-state index >= 15 is 0 Å². The minimum atomic E-state index is -0.896. The first-order valence-electron chi connectivity index (χ1n) is 9.85. The molecule has 4 rings (SSSR count). The highest BCUT2D eigenvalue weighted by atomic mass is 19.1. The summed E-state index contributed by atoms with van der Waals surface area (Å²) in [5, 5.41) is 20.7. The van der Waals surface area contributed by atoms with E-state index in [1.807, 2.05) is 0 Å². The molecule has 0 bridgehead atoms. The quantitative estimate of drug-likeness (QED) is 0.358. The van der Waals surface area contributed by atoms with Crippen LogP contribution in [0, 0.1) is 5.82 Å². The van der Waals surface area contributed by atoms with Crippen LogP contribution in [0.15, 0.2) is 78.4 Å². The molecule has 0 radical (unpaired) electrons. The van der Waals surface area contributed by atoms with Gasteiger partial charge in [0.2, 0.25) is 0 Å². The zero-order valence-corrected chi connectivity index (χ0v) is 17.2. The second kappa shape index (κ2) is 8.55. The van der Waals surface area contributed by atoms with Crippen LogP contribution in [0.3, 0.4) is 0 Å². The van der Waals surface area contributed by atoms with Gasteiger partial charge >= 0.3 is 0 Å². The lowest BCUT2D eigenvalue weighted by molar-refractivity contribution is -0.140. The predicted octanol–water partition coefficient (Wildman–Crippen LogP) is 4.16. The van der Waals surface area contributed by atoms with Crippen LogP contribution in [0.25, 0.3) is 5.76 Å². The molecule has 0 saturated carbocycles. The van der Waals surface area contributed by atoms with E-state index in [1.54, 1.807) is 36.4 Å². The Morgan fingerprint density at radius 3 is 2.38 bits per heavy atom. The Balaban J connectivity index is 1.85. The summed E-state index contributed by atoms with van der Waals surface area (Å²) in [6.07, 6.45) is 0. The molecule has 0 aliphatic carbocycles. The van der Waals surface area contributed by atoms with Crippen LogP contribution < -0.4 is 4.74 Å². The molecule has 162 valence electrons. The first-order chi connectivity index (χ1) is 15.4.